The molecule has 1 heterocycles. The Balaban J connectivity index is 1.90. The minimum absolute atomic E-state index is 0.534. The maximum atomic E-state index is 10.2. The van der Waals surface area contributed by atoms with E-state index in [1.54, 1.807) is 7.11 Å². The van der Waals surface area contributed by atoms with Crippen LogP contribution in [0.5, 0.6) is 5.75 Å². The maximum absolute atomic E-state index is 10.2. The summed E-state index contributed by atoms with van der Waals surface area (Å²) in [7, 11) is 1.67. The van der Waals surface area contributed by atoms with Crippen LogP contribution in [0, 0.1) is 0 Å². The average Bonchev–Trinajstić information content (AvgIpc) is 2.78. The minimum atomic E-state index is -0.534. The van der Waals surface area contributed by atoms with Gasteiger partial charge in [-0.25, -0.2) is 0 Å². The number of methoxy groups -OCH3 is 1. The number of nitrogens with one attached hydrogen (secondary N) is 1. The van der Waals surface area contributed by atoms with Crippen molar-refractivity contribution in [1.29, 1.82) is 0 Å². The molecule has 1 atom stereocenters. The lowest BCUT2D eigenvalue weighted by Gasteiger charge is -2.22. The summed E-state index contributed by atoms with van der Waals surface area (Å²) in [6.07, 6.45) is 0.877. The molecule has 1 aliphatic rings. The molecule has 0 bridgehead atoms. The minimum Gasteiger partial charge on any atom is -0.496 e. The van der Waals surface area contributed by atoms with Crippen LogP contribution in [0.2, 0.25) is 0 Å². The van der Waals surface area contributed by atoms with E-state index in [0.717, 1.165) is 33.7 Å². The van der Waals surface area contributed by atoms with Gasteiger partial charge in [-0.15, -0.1) is 0 Å². The number of aliphatic hydroxyl groups is 1. The molecule has 0 aromatic heterocycles. The van der Waals surface area contributed by atoms with Crippen LogP contribution in [-0.4, -0.2) is 35.9 Å². The standard InChI is InChI=1S/C13H18BrNO2S/c1-17-12-6-11(14)3-2-10(12)7-15-8-13(16)4-5-18-9-13/h2-3,6,15-16H,4-5,7-9H2,1H3. The number of hydrogen-bond acceptors (Lipinski definition) is 4. The summed E-state index contributed by atoms with van der Waals surface area (Å²) in [6.45, 7) is 1.35. The van der Waals surface area contributed by atoms with Crippen molar-refractivity contribution in [3.05, 3.63) is 28.2 Å². The molecule has 3 nitrogen and oxygen atoms in total. The van der Waals surface area contributed by atoms with Gasteiger partial charge in [-0.1, -0.05) is 22.0 Å². The largest absolute Gasteiger partial charge is 0.496 e. The topological polar surface area (TPSA) is 41.5 Å². The van der Waals surface area contributed by atoms with Crippen molar-refractivity contribution in [3.63, 3.8) is 0 Å². The van der Waals surface area contributed by atoms with Gasteiger partial charge in [0.2, 0.25) is 0 Å². The molecule has 100 valence electrons. The molecule has 2 rings (SSSR count). The van der Waals surface area contributed by atoms with Crippen LogP contribution in [-0.2, 0) is 6.54 Å². The van der Waals surface area contributed by atoms with Crippen molar-refractivity contribution in [2.45, 2.75) is 18.6 Å². The van der Waals surface area contributed by atoms with E-state index >= 15 is 0 Å². The van der Waals surface area contributed by atoms with Crippen molar-refractivity contribution in [2.24, 2.45) is 0 Å². The first-order valence-electron chi connectivity index (χ1n) is 5.96. The third-order valence-corrected chi connectivity index (χ3v) is 4.83. The summed E-state index contributed by atoms with van der Waals surface area (Å²) < 4.78 is 6.35. The van der Waals surface area contributed by atoms with E-state index in [9.17, 15) is 5.11 Å². The summed E-state index contributed by atoms with van der Waals surface area (Å²) in [6, 6.07) is 5.99. The fourth-order valence-corrected chi connectivity index (χ4v) is 3.67. The average molecular weight is 332 g/mol. The van der Waals surface area contributed by atoms with Crippen molar-refractivity contribution in [2.75, 3.05) is 25.2 Å². The summed E-state index contributed by atoms with van der Waals surface area (Å²) in [5.74, 6) is 2.75. The van der Waals surface area contributed by atoms with Crippen molar-refractivity contribution < 1.29 is 9.84 Å². The van der Waals surface area contributed by atoms with Crippen LogP contribution < -0.4 is 10.1 Å². The predicted molar refractivity (Wildman–Crippen MR) is 79.3 cm³/mol. The number of rotatable bonds is 5. The quantitative estimate of drug-likeness (QED) is 0.869. The molecule has 1 aromatic carbocycles. The molecule has 1 aromatic rings. The zero-order chi connectivity index (χ0) is 13.0. The molecule has 0 aliphatic carbocycles. The van der Waals surface area contributed by atoms with Crippen LogP contribution in [0.3, 0.4) is 0 Å². The Morgan fingerprint density at radius 3 is 3.06 bits per heavy atom. The van der Waals surface area contributed by atoms with Crippen molar-refractivity contribution in [3.8, 4) is 5.75 Å². The highest BCUT2D eigenvalue weighted by Crippen LogP contribution is 2.27. The summed E-state index contributed by atoms with van der Waals surface area (Å²) in [5.41, 5.74) is 0.572. The normalized spacial score (nSPS) is 23.3. The molecule has 18 heavy (non-hydrogen) atoms. The molecule has 0 saturated carbocycles. The smallest absolute Gasteiger partial charge is 0.124 e. The molecule has 0 radical (unpaired) electrons. The lowest BCUT2D eigenvalue weighted by atomic mass is 10.0. The SMILES string of the molecule is COc1cc(Br)ccc1CNCC1(O)CCSC1. The lowest BCUT2D eigenvalue weighted by molar-refractivity contribution is 0.0674. The van der Waals surface area contributed by atoms with E-state index in [4.69, 9.17) is 4.74 Å². The van der Waals surface area contributed by atoms with Gasteiger partial charge < -0.3 is 15.2 Å². The molecular formula is C13H18BrNO2S. The monoisotopic (exact) mass is 331 g/mol. The van der Waals surface area contributed by atoms with Gasteiger partial charge in [-0.05, 0) is 24.3 Å². The van der Waals surface area contributed by atoms with E-state index in [2.05, 4.69) is 21.2 Å². The zero-order valence-corrected chi connectivity index (χ0v) is 12.8. The fourth-order valence-electron chi connectivity index (χ4n) is 2.03. The predicted octanol–water partition coefficient (Wildman–Crippen LogP) is 2.42. The van der Waals surface area contributed by atoms with Gasteiger partial charge in [0, 0.05) is 28.9 Å². The van der Waals surface area contributed by atoms with Crippen LogP contribution in [0.1, 0.15) is 12.0 Å². The first-order chi connectivity index (χ1) is 8.63. The van der Waals surface area contributed by atoms with Crippen molar-refractivity contribution >= 4 is 27.7 Å². The van der Waals surface area contributed by atoms with E-state index < -0.39 is 5.60 Å². The van der Waals surface area contributed by atoms with Gasteiger partial charge >= 0.3 is 0 Å². The van der Waals surface area contributed by atoms with E-state index in [1.165, 1.54) is 0 Å². The van der Waals surface area contributed by atoms with Crippen LogP contribution in [0.25, 0.3) is 0 Å². The number of benzene rings is 1. The van der Waals surface area contributed by atoms with Crippen LogP contribution in [0.4, 0.5) is 0 Å². The Kier molecular flexibility index (Phi) is 4.95. The van der Waals surface area contributed by atoms with Gasteiger partial charge in [0.15, 0.2) is 0 Å². The van der Waals surface area contributed by atoms with Gasteiger partial charge in [0.05, 0.1) is 12.7 Å². The summed E-state index contributed by atoms with van der Waals surface area (Å²) in [5, 5.41) is 13.5. The second kappa shape index (κ2) is 6.28. The van der Waals surface area contributed by atoms with Crippen LogP contribution in [0.15, 0.2) is 22.7 Å². The number of hydrogen-bond donors (Lipinski definition) is 2. The maximum Gasteiger partial charge on any atom is 0.124 e. The Hall–Kier alpha value is -0.230. The third kappa shape index (κ3) is 3.63. The number of thioether (sulfide) groups is 1. The molecule has 1 saturated heterocycles. The second-order valence-electron chi connectivity index (χ2n) is 4.59. The molecule has 0 spiro atoms. The third-order valence-electron chi connectivity index (χ3n) is 3.10. The van der Waals surface area contributed by atoms with Gasteiger partial charge in [0.1, 0.15) is 5.75 Å². The Morgan fingerprint density at radius 1 is 1.56 bits per heavy atom. The molecule has 2 N–H and O–H groups in total. The Morgan fingerprint density at radius 2 is 2.39 bits per heavy atom. The van der Waals surface area contributed by atoms with Crippen molar-refractivity contribution in [1.82, 2.24) is 5.32 Å². The lowest BCUT2D eigenvalue weighted by Crippen LogP contribution is -2.40. The number of ether oxygens (including phenoxy) is 1. The molecule has 0 amide bonds. The van der Waals surface area contributed by atoms with E-state index in [-0.39, 0.29) is 0 Å². The van der Waals surface area contributed by atoms with Gasteiger partial charge in [0.25, 0.3) is 0 Å². The fraction of sp³-hybridized carbons (Fsp3) is 0.538. The highest BCUT2D eigenvalue weighted by atomic mass is 79.9. The van der Waals surface area contributed by atoms with E-state index in [0.29, 0.717) is 13.1 Å². The highest BCUT2D eigenvalue weighted by Gasteiger charge is 2.31. The van der Waals surface area contributed by atoms with Gasteiger partial charge in [-0.3, -0.25) is 0 Å². The summed E-state index contributed by atoms with van der Waals surface area (Å²) in [4.78, 5) is 0. The zero-order valence-electron chi connectivity index (χ0n) is 10.4. The first kappa shape index (κ1) is 14.2. The molecule has 1 aliphatic heterocycles. The second-order valence-corrected chi connectivity index (χ2v) is 6.61. The molecular weight excluding hydrogens is 314 g/mol. The Bertz CT molecular complexity index is 408. The summed E-state index contributed by atoms with van der Waals surface area (Å²) >= 11 is 5.24. The van der Waals surface area contributed by atoms with Gasteiger partial charge in [-0.2, -0.15) is 11.8 Å². The molecule has 1 unspecified atom stereocenters. The highest BCUT2D eigenvalue weighted by molar-refractivity contribution is 9.10. The molecule has 1 fully saturated rings. The first-order valence-corrected chi connectivity index (χ1v) is 7.91. The van der Waals surface area contributed by atoms with E-state index in [1.807, 2.05) is 30.0 Å². The molecule has 5 heteroatoms. The Labute approximate surface area is 120 Å². The van der Waals surface area contributed by atoms with Crippen LogP contribution >= 0.6 is 27.7 Å². The number of halogens is 1.